The second kappa shape index (κ2) is 8.08. The number of hydrogen-bond donors (Lipinski definition) is 2. The van der Waals surface area contributed by atoms with Crippen LogP contribution >= 0.6 is 0 Å². The first-order valence-corrected chi connectivity index (χ1v) is 8.02. The Morgan fingerprint density at radius 3 is 2.90 bits per heavy atom. The molecular weight excluding hydrogens is 262 g/mol. The molecule has 1 atom stereocenters. The van der Waals surface area contributed by atoms with Crippen molar-refractivity contribution < 1.29 is 0 Å². The van der Waals surface area contributed by atoms with Crippen molar-refractivity contribution in [2.75, 3.05) is 26.7 Å². The molecule has 2 rings (SSSR count). The predicted molar refractivity (Wildman–Crippen MR) is 88.5 cm³/mol. The lowest BCUT2D eigenvalue weighted by Gasteiger charge is -2.35. The Kier molecular flexibility index (Phi) is 6.11. The van der Waals surface area contributed by atoms with Gasteiger partial charge >= 0.3 is 0 Å². The molecule has 5 nitrogen and oxygen atoms in total. The van der Waals surface area contributed by atoms with Crippen molar-refractivity contribution in [3.05, 3.63) is 24.0 Å². The van der Waals surface area contributed by atoms with E-state index in [1.807, 2.05) is 14.1 Å². The number of aryl methyl sites for hydroxylation is 1. The van der Waals surface area contributed by atoms with Crippen molar-refractivity contribution in [3.63, 3.8) is 0 Å². The Labute approximate surface area is 128 Å². The zero-order chi connectivity index (χ0) is 15.1. The van der Waals surface area contributed by atoms with Crippen LogP contribution in [0.2, 0.25) is 0 Å². The fourth-order valence-corrected chi connectivity index (χ4v) is 2.99. The molecule has 5 heteroatoms. The number of likely N-dealkylation sites (tertiary alicyclic amines) is 1. The van der Waals surface area contributed by atoms with E-state index in [4.69, 9.17) is 0 Å². The lowest BCUT2D eigenvalue weighted by Crippen LogP contribution is -2.48. The Balaban J connectivity index is 1.77. The second-order valence-corrected chi connectivity index (χ2v) is 5.77. The molecule has 1 aliphatic heterocycles. The quantitative estimate of drug-likeness (QED) is 0.639. The van der Waals surface area contributed by atoms with Gasteiger partial charge in [0.1, 0.15) is 0 Å². The fourth-order valence-electron chi connectivity index (χ4n) is 2.99. The topological polar surface area (TPSA) is 44.6 Å². The predicted octanol–water partition coefficient (Wildman–Crippen LogP) is 1.56. The third-order valence-electron chi connectivity index (χ3n) is 4.24. The number of nitrogens with zero attached hydrogens (tertiary/aromatic N) is 3. The second-order valence-electron chi connectivity index (χ2n) is 5.77. The molecule has 1 saturated heterocycles. The van der Waals surface area contributed by atoms with E-state index >= 15 is 0 Å². The number of aliphatic imine (C=N–C) groups is 1. The van der Waals surface area contributed by atoms with Gasteiger partial charge in [-0.1, -0.05) is 13.3 Å². The minimum absolute atomic E-state index is 0.638. The van der Waals surface area contributed by atoms with Crippen molar-refractivity contribution in [2.24, 2.45) is 12.0 Å². The van der Waals surface area contributed by atoms with Gasteiger partial charge in [0.15, 0.2) is 5.96 Å². The van der Waals surface area contributed by atoms with Crippen LogP contribution in [-0.2, 0) is 13.6 Å². The smallest absolute Gasteiger partial charge is 0.191 e. The van der Waals surface area contributed by atoms with Gasteiger partial charge < -0.3 is 15.2 Å². The lowest BCUT2D eigenvalue weighted by atomic mass is 10.0. The average molecular weight is 291 g/mol. The van der Waals surface area contributed by atoms with E-state index in [9.17, 15) is 0 Å². The molecule has 0 radical (unpaired) electrons. The van der Waals surface area contributed by atoms with Crippen LogP contribution < -0.4 is 10.6 Å². The number of rotatable bonds is 5. The molecule has 118 valence electrons. The molecule has 1 aromatic heterocycles. The molecule has 0 aliphatic carbocycles. The standard InChI is InChI=1S/C16H29N5/c1-4-21-9-6-5-7-15(21)12-19-16(17-2)18-11-14-8-10-20(3)13-14/h8,10,13,15H,4-7,9,11-12H2,1-3H3,(H2,17,18,19). The van der Waals surface area contributed by atoms with E-state index in [2.05, 4.69) is 50.5 Å². The Morgan fingerprint density at radius 1 is 1.38 bits per heavy atom. The van der Waals surface area contributed by atoms with Gasteiger partial charge in [-0.2, -0.15) is 0 Å². The fraction of sp³-hybridized carbons (Fsp3) is 0.688. The number of likely N-dealkylation sites (N-methyl/N-ethyl adjacent to an activating group) is 1. The van der Waals surface area contributed by atoms with Crippen molar-refractivity contribution in [3.8, 4) is 0 Å². The van der Waals surface area contributed by atoms with E-state index in [1.54, 1.807) is 0 Å². The summed E-state index contributed by atoms with van der Waals surface area (Å²) in [5.41, 5.74) is 1.27. The van der Waals surface area contributed by atoms with Crippen molar-refractivity contribution in [1.29, 1.82) is 0 Å². The molecular formula is C16H29N5. The van der Waals surface area contributed by atoms with Crippen LogP contribution in [0.3, 0.4) is 0 Å². The molecule has 1 aliphatic rings. The zero-order valence-electron chi connectivity index (χ0n) is 13.6. The highest BCUT2D eigenvalue weighted by Gasteiger charge is 2.20. The summed E-state index contributed by atoms with van der Waals surface area (Å²) in [6, 6.07) is 2.76. The van der Waals surface area contributed by atoms with Gasteiger partial charge in [-0.3, -0.25) is 9.89 Å². The summed E-state index contributed by atoms with van der Waals surface area (Å²) in [4.78, 5) is 6.88. The first-order valence-electron chi connectivity index (χ1n) is 8.02. The van der Waals surface area contributed by atoms with Crippen LogP contribution in [0.25, 0.3) is 0 Å². The van der Waals surface area contributed by atoms with Gasteiger partial charge in [0.25, 0.3) is 0 Å². The van der Waals surface area contributed by atoms with Crippen LogP contribution in [0.15, 0.2) is 23.5 Å². The van der Waals surface area contributed by atoms with Gasteiger partial charge in [-0.25, -0.2) is 0 Å². The first-order chi connectivity index (χ1) is 10.2. The summed E-state index contributed by atoms with van der Waals surface area (Å²) in [6.07, 6.45) is 8.16. The minimum atomic E-state index is 0.638. The number of piperidine rings is 1. The SMILES string of the molecule is CCN1CCCCC1CNC(=NC)NCc1ccn(C)c1. The molecule has 21 heavy (non-hydrogen) atoms. The normalized spacial score (nSPS) is 20.5. The monoisotopic (exact) mass is 291 g/mol. The molecule has 0 aromatic carbocycles. The highest BCUT2D eigenvalue weighted by molar-refractivity contribution is 5.79. The van der Waals surface area contributed by atoms with E-state index in [-0.39, 0.29) is 0 Å². The molecule has 0 saturated carbocycles. The van der Waals surface area contributed by atoms with Gasteiger partial charge in [0.05, 0.1) is 0 Å². The van der Waals surface area contributed by atoms with E-state index in [1.165, 1.54) is 31.4 Å². The van der Waals surface area contributed by atoms with Crippen molar-refractivity contribution >= 4 is 5.96 Å². The number of guanidine groups is 1. The largest absolute Gasteiger partial charge is 0.357 e. The highest BCUT2D eigenvalue weighted by atomic mass is 15.2. The molecule has 1 aromatic rings. The summed E-state index contributed by atoms with van der Waals surface area (Å²) in [7, 11) is 3.87. The molecule has 0 spiro atoms. The van der Waals surface area contributed by atoms with Gasteiger partial charge in [-0.15, -0.1) is 0 Å². The molecule has 2 N–H and O–H groups in total. The van der Waals surface area contributed by atoms with Crippen LogP contribution in [0, 0.1) is 0 Å². The first kappa shape index (κ1) is 15.9. The number of aromatic nitrogens is 1. The average Bonchev–Trinajstić information content (AvgIpc) is 2.93. The maximum Gasteiger partial charge on any atom is 0.191 e. The third-order valence-corrected chi connectivity index (χ3v) is 4.24. The lowest BCUT2D eigenvalue weighted by molar-refractivity contribution is 0.157. The summed E-state index contributed by atoms with van der Waals surface area (Å²) in [5.74, 6) is 0.889. The summed E-state index contributed by atoms with van der Waals surface area (Å²) in [6.45, 7) is 6.41. The van der Waals surface area contributed by atoms with Crippen LogP contribution in [0.1, 0.15) is 31.7 Å². The van der Waals surface area contributed by atoms with Crippen molar-refractivity contribution in [2.45, 2.75) is 38.8 Å². The maximum atomic E-state index is 4.31. The minimum Gasteiger partial charge on any atom is -0.357 e. The third kappa shape index (κ3) is 4.77. The van der Waals surface area contributed by atoms with Crippen LogP contribution in [-0.4, -0.2) is 48.2 Å². The van der Waals surface area contributed by atoms with Crippen LogP contribution in [0.5, 0.6) is 0 Å². The number of hydrogen-bond acceptors (Lipinski definition) is 2. The Morgan fingerprint density at radius 2 is 2.24 bits per heavy atom. The summed E-state index contributed by atoms with van der Waals surface area (Å²) in [5, 5.41) is 6.85. The summed E-state index contributed by atoms with van der Waals surface area (Å²) < 4.78 is 2.06. The summed E-state index contributed by atoms with van der Waals surface area (Å²) >= 11 is 0. The molecule has 0 amide bonds. The Hall–Kier alpha value is -1.49. The molecule has 2 heterocycles. The van der Waals surface area contributed by atoms with E-state index in [0.717, 1.165) is 25.6 Å². The van der Waals surface area contributed by atoms with E-state index < -0.39 is 0 Å². The molecule has 0 bridgehead atoms. The molecule has 1 unspecified atom stereocenters. The zero-order valence-corrected chi connectivity index (χ0v) is 13.6. The highest BCUT2D eigenvalue weighted by Crippen LogP contribution is 2.15. The van der Waals surface area contributed by atoms with E-state index in [0.29, 0.717) is 6.04 Å². The number of nitrogens with one attached hydrogen (secondary N) is 2. The molecule has 1 fully saturated rings. The van der Waals surface area contributed by atoms with Crippen molar-refractivity contribution in [1.82, 2.24) is 20.1 Å². The van der Waals surface area contributed by atoms with Gasteiger partial charge in [0.2, 0.25) is 0 Å². The Bertz CT molecular complexity index is 451. The van der Waals surface area contributed by atoms with Gasteiger partial charge in [0, 0.05) is 45.6 Å². The van der Waals surface area contributed by atoms with Gasteiger partial charge in [-0.05, 0) is 37.6 Å². The maximum absolute atomic E-state index is 4.31. The van der Waals surface area contributed by atoms with Crippen LogP contribution in [0.4, 0.5) is 0 Å².